The van der Waals surface area contributed by atoms with Crippen molar-refractivity contribution in [3.63, 3.8) is 0 Å². The highest BCUT2D eigenvalue weighted by atomic mass is 32.2. The van der Waals surface area contributed by atoms with Gasteiger partial charge in [-0.2, -0.15) is 21.6 Å². The van der Waals surface area contributed by atoms with Crippen LogP contribution in [0.2, 0.25) is 0 Å². The van der Waals surface area contributed by atoms with E-state index >= 15 is 0 Å². The number of hydrogen-bond acceptors (Lipinski definition) is 7. The van der Waals surface area contributed by atoms with Gasteiger partial charge in [-0.3, -0.25) is 9.69 Å². The molecule has 1 heterocycles. The van der Waals surface area contributed by atoms with Crippen LogP contribution in [0.15, 0.2) is 36.4 Å². The van der Waals surface area contributed by atoms with Crippen molar-refractivity contribution in [2.75, 3.05) is 11.4 Å². The summed E-state index contributed by atoms with van der Waals surface area (Å²) < 4.78 is 79.5. The van der Waals surface area contributed by atoms with Crippen LogP contribution in [-0.2, 0) is 10.1 Å². The largest absolute Gasteiger partial charge is 0.534 e. The summed E-state index contributed by atoms with van der Waals surface area (Å²) in [5.41, 5.74) is -4.97. The third-order valence-electron chi connectivity index (χ3n) is 4.91. The number of halogens is 4. The Hall–Kier alpha value is -3.06. The van der Waals surface area contributed by atoms with E-state index in [0.717, 1.165) is 17.8 Å². The molecule has 0 unspecified atom stereocenters. The Morgan fingerprint density at radius 3 is 2.31 bits per heavy atom. The maximum atomic E-state index is 14.2. The van der Waals surface area contributed by atoms with E-state index < -0.39 is 33.1 Å². The molecule has 0 saturated heterocycles. The molecule has 0 spiro atoms. The minimum Gasteiger partial charge on any atom is -0.375 e. The first-order valence-electron chi connectivity index (χ1n) is 10.4. The van der Waals surface area contributed by atoms with E-state index in [2.05, 4.69) is 14.4 Å². The maximum absolute atomic E-state index is 14.2. The molecule has 0 bridgehead atoms. The molecule has 0 fully saturated rings. The average molecular weight is 532 g/mol. The van der Waals surface area contributed by atoms with Gasteiger partial charge in [-0.25, -0.2) is 4.39 Å². The summed E-state index contributed by atoms with van der Waals surface area (Å²) in [7, 11) is -5.83. The zero-order valence-corrected chi connectivity index (χ0v) is 20.5. The number of carbonyl (C=O) groups excluding carboxylic acids is 1. The molecule has 0 aliphatic carbocycles. The normalized spacial score (nSPS) is 12.0. The van der Waals surface area contributed by atoms with E-state index in [0.29, 0.717) is 17.0 Å². The molecule has 0 radical (unpaired) electrons. The molecule has 3 aromatic rings. The van der Waals surface area contributed by atoms with Crippen LogP contribution in [0.25, 0.3) is 10.6 Å². The highest BCUT2D eigenvalue weighted by molar-refractivity contribution is 7.88. The molecule has 3 rings (SSSR count). The van der Waals surface area contributed by atoms with Gasteiger partial charge in [-0.15, -0.1) is 10.2 Å². The first-order chi connectivity index (χ1) is 16.4. The van der Waals surface area contributed by atoms with Gasteiger partial charge in [0.15, 0.2) is 0 Å². The SMILES string of the molecule is CCCCN(C(=O)c1ccccc1F)c1nnc(-c2cc(C)c(OS(=O)(=O)C(F)(F)F)c(C)c2)s1. The second kappa shape index (κ2) is 10.3. The predicted octanol–water partition coefficient (Wildman–Crippen LogP) is 5.64. The van der Waals surface area contributed by atoms with E-state index in [-0.39, 0.29) is 28.4 Å². The lowest BCUT2D eigenvalue weighted by molar-refractivity contribution is -0.0500. The molecule has 7 nitrogen and oxygen atoms in total. The van der Waals surface area contributed by atoms with E-state index in [9.17, 15) is 30.8 Å². The highest BCUT2D eigenvalue weighted by Gasteiger charge is 2.49. The molecule has 1 amide bonds. The quantitative estimate of drug-likeness (QED) is 0.212. The van der Waals surface area contributed by atoms with E-state index in [4.69, 9.17) is 0 Å². The van der Waals surface area contributed by atoms with Gasteiger partial charge < -0.3 is 4.18 Å². The number of alkyl halides is 3. The number of anilines is 1. The van der Waals surface area contributed by atoms with Crippen molar-refractivity contribution in [3.8, 4) is 16.3 Å². The lowest BCUT2D eigenvalue weighted by Crippen LogP contribution is -2.32. The number of unbranched alkanes of at least 4 members (excludes halogenated alkanes) is 1. The fourth-order valence-corrected chi connectivity index (χ4v) is 4.62. The van der Waals surface area contributed by atoms with Crippen LogP contribution in [0, 0.1) is 19.7 Å². The van der Waals surface area contributed by atoms with Crippen molar-refractivity contribution in [2.24, 2.45) is 0 Å². The van der Waals surface area contributed by atoms with Crippen LogP contribution in [-0.4, -0.2) is 36.6 Å². The molecule has 188 valence electrons. The van der Waals surface area contributed by atoms with Gasteiger partial charge in [0.1, 0.15) is 16.6 Å². The van der Waals surface area contributed by atoms with Crippen molar-refractivity contribution in [1.29, 1.82) is 0 Å². The van der Waals surface area contributed by atoms with Gasteiger partial charge in [0.2, 0.25) is 5.13 Å². The van der Waals surface area contributed by atoms with Gasteiger partial charge in [-0.05, 0) is 55.7 Å². The number of carbonyl (C=O) groups is 1. The van der Waals surface area contributed by atoms with Crippen LogP contribution in [0.4, 0.5) is 22.7 Å². The third kappa shape index (κ3) is 5.78. The summed E-state index contributed by atoms with van der Waals surface area (Å²) >= 11 is 1.04. The second-order valence-electron chi connectivity index (χ2n) is 7.60. The Morgan fingerprint density at radius 1 is 1.11 bits per heavy atom. The fourth-order valence-electron chi connectivity index (χ4n) is 3.18. The summed E-state index contributed by atoms with van der Waals surface area (Å²) in [5.74, 6) is -1.68. The molecule has 0 atom stereocenters. The summed E-state index contributed by atoms with van der Waals surface area (Å²) in [6, 6.07) is 8.41. The standard InChI is InChI=1S/C22H21F4N3O4S2/c1-4-5-10-29(20(30)16-8-6-7-9-17(16)23)21-28-27-19(34-21)15-11-13(2)18(14(3)12-15)33-35(31,32)22(24,25)26/h6-9,11-12H,4-5,10H2,1-3H3. The van der Waals surface area contributed by atoms with Gasteiger partial charge in [-0.1, -0.05) is 36.8 Å². The molecule has 0 aliphatic rings. The summed E-state index contributed by atoms with van der Waals surface area (Å²) in [6.45, 7) is 5.01. The van der Waals surface area contributed by atoms with Crippen LogP contribution in [0.5, 0.6) is 5.75 Å². The van der Waals surface area contributed by atoms with Crippen molar-refractivity contribution in [3.05, 3.63) is 58.9 Å². The number of hydrogen-bond donors (Lipinski definition) is 0. The zero-order chi connectivity index (χ0) is 26.0. The molecule has 35 heavy (non-hydrogen) atoms. The number of rotatable bonds is 8. The van der Waals surface area contributed by atoms with Crippen molar-refractivity contribution in [1.82, 2.24) is 10.2 Å². The minimum absolute atomic E-state index is 0.112. The molecular weight excluding hydrogens is 510 g/mol. The van der Waals surface area contributed by atoms with E-state index in [1.807, 2.05) is 6.92 Å². The van der Waals surface area contributed by atoms with Gasteiger partial charge >= 0.3 is 15.6 Å². The number of aromatic nitrogens is 2. The molecule has 2 aromatic carbocycles. The van der Waals surface area contributed by atoms with Crippen molar-refractivity contribution >= 4 is 32.5 Å². The van der Waals surface area contributed by atoms with Crippen LogP contribution in [0.3, 0.4) is 0 Å². The first kappa shape index (κ1) is 26.5. The lowest BCUT2D eigenvalue weighted by atomic mass is 10.1. The minimum atomic E-state index is -5.83. The van der Waals surface area contributed by atoms with Gasteiger partial charge in [0.05, 0.1) is 5.56 Å². The molecule has 0 N–H and O–H groups in total. The fraction of sp³-hybridized carbons (Fsp3) is 0.318. The monoisotopic (exact) mass is 531 g/mol. The molecule has 0 saturated carbocycles. The number of amides is 1. The molecular formula is C22H21F4N3O4S2. The zero-order valence-electron chi connectivity index (χ0n) is 18.9. The summed E-state index contributed by atoms with van der Waals surface area (Å²) in [4.78, 5) is 14.4. The van der Waals surface area contributed by atoms with Crippen LogP contribution >= 0.6 is 11.3 Å². The Kier molecular flexibility index (Phi) is 7.80. The number of benzene rings is 2. The Labute approximate surface area is 203 Å². The summed E-state index contributed by atoms with van der Waals surface area (Å²) in [6.07, 6.45) is 1.40. The predicted molar refractivity (Wildman–Crippen MR) is 123 cm³/mol. The second-order valence-corrected chi connectivity index (χ2v) is 10.1. The van der Waals surface area contributed by atoms with Crippen LogP contribution < -0.4 is 9.08 Å². The van der Waals surface area contributed by atoms with Gasteiger partial charge in [0.25, 0.3) is 5.91 Å². The van der Waals surface area contributed by atoms with Gasteiger partial charge in [0, 0.05) is 12.1 Å². The maximum Gasteiger partial charge on any atom is 0.534 e. The highest BCUT2D eigenvalue weighted by Crippen LogP contribution is 2.36. The Balaban J connectivity index is 1.95. The Bertz CT molecular complexity index is 1320. The molecule has 0 aliphatic heterocycles. The van der Waals surface area contributed by atoms with Crippen LogP contribution in [0.1, 0.15) is 41.3 Å². The lowest BCUT2D eigenvalue weighted by Gasteiger charge is -2.19. The molecule has 13 heteroatoms. The number of aryl methyl sites for hydroxylation is 2. The third-order valence-corrected chi connectivity index (χ3v) is 6.86. The molecule has 1 aromatic heterocycles. The summed E-state index contributed by atoms with van der Waals surface area (Å²) in [5, 5.41) is 8.70. The van der Waals surface area contributed by atoms with Crippen molar-refractivity contribution in [2.45, 2.75) is 39.1 Å². The van der Waals surface area contributed by atoms with Crippen molar-refractivity contribution < 1.29 is 35.0 Å². The Morgan fingerprint density at radius 2 is 1.74 bits per heavy atom. The van der Waals surface area contributed by atoms with E-state index in [1.165, 1.54) is 49.1 Å². The van der Waals surface area contributed by atoms with E-state index in [1.54, 1.807) is 6.07 Å². The average Bonchev–Trinajstić information content (AvgIpc) is 3.26. The first-order valence-corrected chi connectivity index (χ1v) is 12.6. The number of nitrogens with zero attached hydrogens (tertiary/aromatic N) is 3. The topological polar surface area (TPSA) is 89.5 Å². The smallest absolute Gasteiger partial charge is 0.375 e.